The van der Waals surface area contributed by atoms with Crippen molar-refractivity contribution in [2.24, 2.45) is 5.92 Å². The number of nitrogens with zero attached hydrogens (tertiary/aromatic N) is 3. The quantitative estimate of drug-likeness (QED) is 0.371. The predicted octanol–water partition coefficient (Wildman–Crippen LogP) is 1.15. The van der Waals surface area contributed by atoms with E-state index in [-0.39, 0.29) is 12.0 Å². The maximum Gasteiger partial charge on any atom is 0.315 e. The topological polar surface area (TPSA) is 135 Å². The van der Waals surface area contributed by atoms with Crippen LogP contribution in [0.1, 0.15) is 33.1 Å². The SMILES string of the molecule is CC(C)C[C@@H](NC(=O)NC1CCN(c2ncnc3[nH]ccc23)CC1)C(=O)NO. The van der Waals surface area contributed by atoms with Crippen LogP contribution in [0.2, 0.25) is 0 Å². The van der Waals surface area contributed by atoms with Crippen LogP contribution in [-0.2, 0) is 4.79 Å². The summed E-state index contributed by atoms with van der Waals surface area (Å²) in [6.45, 7) is 5.41. The number of urea groups is 1. The van der Waals surface area contributed by atoms with Gasteiger partial charge in [0.25, 0.3) is 5.91 Å². The Morgan fingerprint density at radius 3 is 2.75 bits per heavy atom. The van der Waals surface area contributed by atoms with Crippen molar-refractivity contribution in [3.8, 4) is 0 Å². The molecule has 28 heavy (non-hydrogen) atoms. The van der Waals surface area contributed by atoms with Gasteiger partial charge in [0.2, 0.25) is 0 Å². The molecule has 3 rings (SSSR count). The number of aromatic nitrogens is 3. The number of piperidine rings is 1. The fourth-order valence-electron chi connectivity index (χ4n) is 3.51. The average Bonchev–Trinajstić information content (AvgIpc) is 3.16. The van der Waals surface area contributed by atoms with Crippen LogP contribution in [0.3, 0.4) is 0 Å². The third kappa shape index (κ3) is 4.69. The third-order valence-electron chi connectivity index (χ3n) is 4.90. The molecule has 0 aliphatic carbocycles. The number of hydrogen-bond acceptors (Lipinski definition) is 6. The van der Waals surface area contributed by atoms with E-state index in [1.165, 1.54) is 0 Å². The van der Waals surface area contributed by atoms with Gasteiger partial charge in [0.15, 0.2) is 0 Å². The molecule has 1 saturated heterocycles. The summed E-state index contributed by atoms with van der Waals surface area (Å²) in [6, 6.07) is 0.802. The largest absolute Gasteiger partial charge is 0.356 e. The second kappa shape index (κ2) is 8.87. The lowest BCUT2D eigenvalue weighted by Gasteiger charge is -2.33. The lowest BCUT2D eigenvalue weighted by Crippen LogP contribution is -2.53. The van der Waals surface area contributed by atoms with Gasteiger partial charge in [0.05, 0.1) is 5.39 Å². The normalized spacial score (nSPS) is 16.2. The van der Waals surface area contributed by atoms with Crippen molar-refractivity contribution in [3.05, 3.63) is 18.6 Å². The molecule has 1 aliphatic rings. The molecule has 1 fully saturated rings. The van der Waals surface area contributed by atoms with E-state index >= 15 is 0 Å². The molecule has 0 unspecified atom stereocenters. The van der Waals surface area contributed by atoms with Crippen LogP contribution in [0.25, 0.3) is 11.0 Å². The van der Waals surface area contributed by atoms with Gasteiger partial charge in [-0.05, 0) is 31.2 Å². The zero-order valence-electron chi connectivity index (χ0n) is 16.1. The molecular weight excluding hydrogens is 362 g/mol. The highest BCUT2D eigenvalue weighted by Gasteiger charge is 2.26. The first-order valence-electron chi connectivity index (χ1n) is 9.52. The van der Waals surface area contributed by atoms with Crippen molar-refractivity contribution in [2.75, 3.05) is 18.0 Å². The van der Waals surface area contributed by atoms with E-state index in [0.717, 1.165) is 42.8 Å². The highest BCUT2D eigenvalue weighted by molar-refractivity contribution is 5.87. The number of hydroxylamine groups is 1. The van der Waals surface area contributed by atoms with Gasteiger partial charge >= 0.3 is 6.03 Å². The summed E-state index contributed by atoms with van der Waals surface area (Å²) in [5.41, 5.74) is 2.42. The number of amides is 3. The van der Waals surface area contributed by atoms with Crippen molar-refractivity contribution in [1.29, 1.82) is 0 Å². The van der Waals surface area contributed by atoms with E-state index in [0.29, 0.717) is 6.42 Å². The maximum absolute atomic E-state index is 12.3. The van der Waals surface area contributed by atoms with Crippen molar-refractivity contribution in [2.45, 2.75) is 45.2 Å². The van der Waals surface area contributed by atoms with Gasteiger partial charge in [0, 0.05) is 25.3 Å². The summed E-state index contributed by atoms with van der Waals surface area (Å²) in [4.78, 5) is 37.9. The first kappa shape index (κ1) is 19.9. The monoisotopic (exact) mass is 389 g/mol. The molecular formula is C18H27N7O3. The van der Waals surface area contributed by atoms with Crippen molar-refractivity contribution in [3.63, 3.8) is 0 Å². The smallest absolute Gasteiger partial charge is 0.315 e. The molecule has 5 N–H and O–H groups in total. The average molecular weight is 389 g/mol. The Hall–Kier alpha value is -2.88. The van der Waals surface area contributed by atoms with Crippen LogP contribution in [0, 0.1) is 5.92 Å². The maximum atomic E-state index is 12.3. The number of H-pyrrole nitrogens is 1. The molecule has 0 saturated carbocycles. The number of rotatable bonds is 6. The van der Waals surface area contributed by atoms with E-state index in [4.69, 9.17) is 5.21 Å². The van der Waals surface area contributed by atoms with Crippen LogP contribution in [-0.4, -0.2) is 57.3 Å². The van der Waals surface area contributed by atoms with Crippen molar-refractivity contribution >= 4 is 28.8 Å². The van der Waals surface area contributed by atoms with Gasteiger partial charge in [-0.1, -0.05) is 13.8 Å². The Morgan fingerprint density at radius 2 is 2.07 bits per heavy atom. The van der Waals surface area contributed by atoms with Gasteiger partial charge in [0.1, 0.15) is 23.8 Å². The highest BCUT2D eigenvalue weighted by Crippen LogP contribution is 2.24. The van der Waals surface area contributed by atoms with E-state index in [2.05, 4.69) is 30.5 Å². The van der Waals surface area contributed by atoms with Gasteiger partial charge in [-0.25, -0.2) is 20.2 Å². The molecule has 152 valence electrons. The minimum Gasteiger partial charge on any atom is -0.356 e. The number of carbonyl (C=O) groups excluding carboxylic acids is 2. The molecule has 10 nitrogen and oxygen atoms in total. The standard InChI is InChI=1S/C18H27N7O3/c1-11(2)9-14(17(26)24-28)23-18(27)22-12-4-7-25(8-5-12)16-13-3-6-19-15(13)20-10-21-16/h3,6,10-12,14,28H,4-5,7-9H2,1-2H3,(H,24,26)(H,19,20,21)(H2,22,23,27)/t14-/m1/s1. The molecule has 3 heterocycles. The van der Waals surface area contributed by atoms with E-state index in [1.54, 1.807) is 11.8 Å². The molecule has 10 heteroatoms. The number of hydrogen-bond donors (Lipinski definition) is 5. The predicted molar refractivity (Wildman–Crippen MR) is 104 cm³/mol. The third-order valence-corrected chi connectivity index (χ3v) is 4.90. The number of nitrogens with one attached hydrogen (secondary N) is 4. The van der Waals surface area contributed by atoms with Gasteiger partial charge in [-0.15, -0.1) is 0 Å². The minimum absolute atomic E-state index is 0.0108. The molecule has 1 atom stereocenters. The van der Waals surface area contributed by atoms with E-state index in [9.17, 15) is 9.59 Å². The number of anilines is 1. The molecule has 0 bridgehead atoms. The molecule has 0 aromatic carbocycles. The molecule has 0 radical (unpaired) electrons. The molecule has 2 aromatic heterocycles. The number of aromatic amines is 1. The first-order chi connectivity index (χ1) is 13.5. The van der Waals surface area contributed by atoms with Gasteiger partial charge in [-0.3, -0.25) is 10.0 Å². The number of fused-ring (bicyclic) bond motifs is 1. The van der Waals surface area contributed by atoms with Gasteiger partial charge in [-0.2, -0.15) is 0 Å². The molecule has 1 aliphatic heterocycles. The Morgan fingerprint density at radius 1 is 1.32 bits per heavy atom. The van der Waals surface area contributed by atoms with E-state index in [1.807, 2.05) is 26.1 Å². The number of carbonyl (C=O) groups is 2. The summed E-state index contributed by atoms with van der Waals surface area (Å²) in [5, 5.41) is 15.4. The zero-order valence-corrected chi connectivity index (χ0v) is 16.1. The molecule has 3 amide bonds. The lowest BCUT2D eigenvalue weighted by atomic mass is 10.0. The Labute approximate surface area is 163 Å². The molecule has 0 spiro atoms. The van der Waals surface area contributed by atoms with Crippen LogP contribution in [0.15, 0.2) is 18.6 Å². The summed E-state index contributed by atoms with van der Waals surface area (Å²) in [6.07, 6.45) is 5.37. The summed E-state index contributed by atoms with van der Waals surface area (Å²) >= 11 is 0. The van der Waals surface area contributed by atoms with E-state index < -0.39 is 18.0 Å². The van der Waals surface area contributed by atoms with Crippen LogP contribution >= 0.6 is 0 Å². The van der Waals surface area contributed by atoms with Crippen molar-refractivity contribution in [1.82, 2.24) is 31.1 Å². The Balaban J connectivity index is 1.53. The second-order valence-corrected chi connectivity index (χ2v) is 7.47. The summed E-state index contributed by atoms with van der Waals surface area (Å²) < 4.78 is 0. The highest BCUT2D eigenvalue weighted by atomic mass is 16.5. The summed E-state index contributed by atoms with van der Waals surface area (Å²) in [5.74, 6) is 0.479. The van der Waals surface area contributed by atoms with Crippen LogP contribution in [0.5, 0.6) is 0 Å². The Kier molecular flexibility index (Phi) is 6.30. The minimum atomic E-state index is -0.770. The first-order valence-corrected chi connectivity index (χ1v) is 9.52. The van der Waals surface area contributed by atoms with Crippen molar-refractivity contribution < 1.29 is 14.8 Å². The lowest BCUT2D eigenvalue weighted by molar-refractivity contribution is -0.131. The van der Waals surface area contributed by atoms with Crippen LogP contribution in [0.4, 0.5) is 10.6 Å². The summed E-state index contributed by atoms with van der Waals surface area (Å²) in [7, 11) is 0. The fraction of sp³-hybridized carbons (Fsp3) is 0.556. The Bertz CT molecular complexity index is 814. The van der Waals surface area contributed by atoms with Gasteiger partial charge < -0.3 is 20.5 Å². The molecule has 2 aromatic rings. The second-order valence-electron chi connectivity index (χ2n) is 7.47. The zero-order chi connectivity index (χ0) is 20.1. The van der Waals surface area contributed by atoms with Crippen LogP contribution < -0.4 is 21.0 Å². The fourth-order valence-corrected chi connectivity index (χ4v) is 3.51.